The molecule has 3 unspecified atom stereocenters. The molecule has 0 saturated heterocycles. The molecule has 0 aliphatic rings. The molecule has 75 heavy (non-hydrogen) atoms. The number of allylic oxidation sites excluding steroid dienone is 2. The number of nitrogens with zero attached hydrogens (tertiary/aromatic N) is 1. The Morgan fingerprint density at radius 1 is 0.453 bits per heavy atom. The van der Waals surface area contributed by atoms with Gasteiger partial charge in [-0.1, -0.05) is 321 Å². The molecule has 0 aromatic heterocycles. The average molecular weight is 1080 g/mol. The fourth-order valence-electron chi connectivity index (χ4n) is 10.5. The Balaban J connectivity index is 4.03. The van der Waals surface area contributed by atoms with Gasteiger partial charge in [0.05, 0.1) is 39.9 Å². The van der Waals surface area contributed by atoms with E-state index in [0.717, 1.165) is 38.5 Å². The largest absolute Gasteiger partial charge is 0.756 e. The standard InChI is InChI=1S/C66H133N2O6P/c1-6-8-10-12-14-16-18-20-22-24-26-28-30-32-33-34-35-36-38-40-42-44-46-48-50-52-54-56-58-60-66(70)67-64(63-74-75(71,72)73-62-61-68(3,4)5)65(69)59-57-55-53-51-49-47-45-43-41-39-37-31-29-27-25-23-21-19-17-15-13-11-9-7-2/h32-33,64-65,69H,6-31,34-63H2,1-5H3,(H-,67,70,71,72)/b33-32-. The summed E-state index contributed by atoms with van der Waals surface area (Å²) in [6, 6.07) is -0.799. The van der Waals surface area contributed by atoms with Gasteiger partial charge in [-0.25, -0.2) is 0 Å². The zero-order valence-corrected chi connectivity index (χ0v) is 52.2. The highest BCUT2D eigenvalue weighted by molar-refractivity contribution is 7.45. The van der Waals surface area contributed by atoms with E-state index in [1.807, 2.05) is 21.1 Å². The molecule has 0 heterocycles. The van der Waals surface area contributed by atoms with Gasteiger partial charge in [-0.3, -0.25) is 9.36 Å². The van der Waals surface area contributed by atoms with E-state index in [1.165, 1.54) is 289 Å². The molecule has 0 fully saturated rings. The monoisotopic (exact) mass is 1080 g/mol. The van der Waals surface area contributed by atoms with Crippen LogP contribution in [0.2, 0.25) is 0 Å². The molecule has 9 heteroatoms. The first kappa shape index (κ1) is 74.2. The summed E-state index contributed by atoms with van der Waals surface area (Å²) < 4.78 is 23.5. The number of aliphatic hydroxyl groups is 1. The van der Waals surface area contributed by atoms with Gasteiger partial charge in [-0.15, -0.1) is 0 Å². The van der Waals surface area contributed by atoms with E-state index < -0.39 is 20.0 Å². The van der Waals surface area contributed by atoms with Gasteiger partial charge >= 0.3 is 0 Å². The Morgan fingerprint density at radius 3 is 1.04 bits per heavy atom. The molecule has 3 atom stereocenters. The number of nitrogens with one attached hydrogen (secondary N) is 1. The van der Waals surface area contributed by atoms with E-state index in [0.29, 0.717) is 23.9 Å². The zero-order valence-electron chi connectivity index (χ0n) is 51.3. The summed E-state index contributed by atoms with van der Waals surface area (Å²) in [6.45, 7) is 4.79. The number of likely N-dealkylation sites (N-methyl/N-ethyl adjacent to an activating group) is 1. The lowest BCUT2D eigenvalue weighted by atomic mass is 10.0. The molecule has 8 nitrogen and oxygen atoms in total. The van der Waals surface area contributed by atoms with Gasteiger partial charge in [-0.2, -0.15) is 0 Å². The SMILES string of the molecule is CCCCCCCCCCCCCC/C=C\CCCCCCCCCCCCCCCC(=O)NC(COP(=O)([O-])OCC[N+](C)(C)C)C(O)CCCCCCCCCCCCCCCCCCCCCCCCCC. The van der Waals surface area contributed by atoms with Gasteiger partial charge in [0.25, 0.3) is 7.82 Å². The van der Waals surface area contributed by atoms with Crippen LogP contribution in [0.4, 0.5) is 0 Å². The summed E-state index contributed by atoms with van der Waals surface area (Å²) in [5, 5.41) is 14.1. The lowest BCUT2D eigenvalue weighted by Gasteiger charge is -2.30. The Hall–Kier alpha value is -0.760. The molecule has 2 N–H and O–H groups in total. The molecule has 0 aromatic rings. The predicted octanol–water partition coefficient (Wildman–Crippen LogP) is 20.3. The van der Waals surface area contributed by atoms with Crippen molar-refractivity contribution in [2.45, 2.75) is 366 Å². The van der Waals surface area contributed by atoms with Crippen LogP contribution in [-0.2, 0) is 18.4 Å². The molecule has 0 radical (unpaired) electrons. The number of phosphoric acid groups is 1. The van der Waals surface area contributed by atoms with Crippen molar-refractivity contribution in [2.24, 2.45) is 0 Å². The van der Waals surface area contributed by atoms with Crippen LogP contribution in [0.1, 0.15) is 354 Å². The van der Waals surface area contributed by atoms with E-state index in [1.54, 1.807) is 0 Å². The van der Waals surface area contributed by atoms with Gasteiger partial charge in [0.15, 0.2) is 0 Å². The molecular formula is C66H133N2O6P. The van der Waals surface area contributed by atoms with E-state index in [2.05, 4.69) is 31.3 Å². The zero-order chi connectivity index (χ0) is 54.9. The molecule has 0 aliphatic heterocycles. The Bertz CT molecular complexity index is 1230. The van der Waals surface area contributed by atoms with Crippen molar-refractivity contribution in [3.05, 3.63) is 12.2 Å². The number of hydrogen-bond acceptors (Lipinski definition) is 6. The maximum Gasteiger partial charge on any atom is 0.268 e. The fraction of sp³-hybridized carbons (Fsp3) is 0.955. The molecule has 0 bridgehead atoms. The lowest BCUT2D eigenvalue weighted by molar-refractivity contribution is -0.870. The minimum atomic E-state index is -4.58. The Morgan fingerprint density at radius 2 is 0.733 bits per heavy atom. The summed E-state index contributed by atoms with van der Waals surface area (Å²) >= 11 is 0. The van der Waals surface area contributed by atoms with E-state index in [9.17, 15) is 19.4 Å². The smallest absolute Gasteiger partial charge is 0.268 e. The molecule has 1 amide bonds. The quantitative estimate of drug-likeness (QED) is 0.0272. The summed E-state index contributed by atoms with van der Waals surface area (Å²) in [7, 11) is 1.32. The number of amides is 1. The molecule has 448 valence electrons. The van der Waals surface area contributed by atoms with Crippen LogP contribution in [0.15, 0.2) is 12.2 Å². The van der Waals surface area contributed by atoms with Crippen molar-refractivity contribution in [3.63, 3.8) is 0 Å². The Kier molecular flexibility index (Phi) is 57.3. The number of carbonyl (C=O) groups is 1. The number of phosphoric ester groups is 1. The molecule has 0 spiro atoms. The number of carbonyl (C=O) groups excluding carboxylic acids is 1. The number of rotatable bonds is 63. The maximum absolute atomic E-state index is 13.0. The van der Waals surface area contributed by atoms with Gasteiger partial charge in [0.2, 0.25) is 5.91 Å². The molecular weight excluding hydrogens is 948 g/mol. The molecule has 0 aliphatic carbocycles. The lowest BCUT2D eigenvalue weighted by Crippen LogP contribution is -2.46. The molecule has 0 saturated carbocycles. The summed E-state index contributed by atoms with van der Waals surface area (Å²) in [5.74, 6) is -0.157. The van der Waals surface area contributed by atoms with Crippen molar-refractivity contribution in [1.29, 1.82) is 0 Å². The number of hydrogen-bond donors (Lipinski definition) is 2. The van der Waals surface area contributed by atoms with Crippen LogP contribution >= 0.6 is 7.82 Å². The van der Waals surface area contributed by atoms with E-state index in [4.69, 9.17) is 9.05 Å². The molecule has 0 rings (SSSR count). The predicted molar refractivity (Wildman–Crippen MR) is 326 cm³/mol. The second-order valence-corrected chi connectivity index (χ2v) is 25.9. The third-order valence-corrected chi connectivity index (χ3v) is 16.7. The highest BCUT2D eigenvalue weighted by Crippen LogP contribution is 2.38. The normalized spacial score (nSPS) is 13.7. The average Bonchev–Trinajstić information content (AvgIpc) is 3.37. The van der Waals surface area contributed by atoms with Crippen molar-refractivity contribution in [3.8, 4) is 0 Å². The second kappa shape index (κ2) is 57.9. The second-order valence-electron chi connectivity index (χ2n) is 24.5. The van der Waals surface area contributed by atoms with Crippen molar-refractivity contribution in [1.82, 2.24) is 5.32 Å². The van der Waals surface area contributed by atoms with Gasteiger partial charge in [0, 0.05) is 6.42 Å². The highest BCUT2D eigenvalue weighted by atomic mass is 31.2. The van der Waals surface area contributed by atoms with Crippen LogP contribution in [0.25, 0.3) is 0 Å². The van der Waals surface area contributed by atoms with Gasteiger partial charge in [-0.05, 0) is 38.5 Å². The van der Waals surface area contributed by atoms with Crippen LogP contribution in [0.5, 0.6) is 0 Å². The first-order valence-corrected chi connectivity index (χ1v) is 35.0. The topological polar surface area (TPSA) is 108 Å². The number of quaternary nitrogens is 1. The number of unbranched alkanes of at least 4 members (excludes halogenated alkanes) is 48. The van der Waals surface area contributed by atoms with Crippen molar-refractivity contribution >= 4 is 13.7 Å². The van der Waals surface area contributed by atoms with Crippen LogP contribution in [0.3, 0.4) is 0 Å². The van der Waals surface area contributed by atoms with E-state index >= 15 is 0 Å². The highest BCUT2D eigenvalue weighted by Gasteiger charge is 2.24. The minimum absolute atomic E-state index is 0.0153. The Labute approximate surface area is 469 Å². The van der Waals surface area contributed by atoms with Gasteiger partial charge in [0.1, 0.15) is 13.2 Å². The van der Waals surface area contributed by atoms with Crippen LogP contribution in [-0.4, -0.2) is 68.5 Å². The van der Waals surface area contributed by atoms with Crippen molar-refractivity contribution < 1.29 is 32.9 Å². The van der Waals surface area contributed by atoms with Crippen molar-refractivity contribution in [2.75, 3.05) is 40.9 Å². The third-order valence-electron chi connectivity index (χ3n) is 15.8. The van der Waals surface area contributed by atoms with Crippen LogP contribution < -0.4 is 10.2 Å². The third kappa shape index (κ3) is 60.7. The van der Waals surface area contributed by atoms with Crippen LogP contribution in [0, 0.1) is 0 Å². The summed E-state index contributed by atoms with van der Waals surface area (Å²) in [4.78, 5) is 25.6. The first-order chi connectivity index (χ1) is 36.5. The van der Waals surface area contributed by atoms with E-state index in [-0.39, 0.29) is 19.1 Å². The first-order valence-electron chi connectivity index (χ1n) is 33.5. The summed E-state index contributed by atoms with van der Waals surface area (Å²) in [5.41, 5.74) is 0. The maximum atomic E-state index is 13.0. The molecule has 0 aromatic carbocycles. The summed E-state index contributed by atoms with van der Waals surface area (Å²) in [6.07, 6.45) is 72.7. The van der Waals surface area contributed by atoms with Gasteiger partial charge < -0.3 is 28.8 Å². The number of aliphatic hydroxyl groups excluding tert-OH is 1. The minimum Gasteiger partial charge on any atom is -0.756 e. The fourth-order valence-corrected chi connectivity index (χ4v) is 11.2.